The first-order chi connectivity index (χ1) is 9.76. The molecule has 2 rings (SSSR count). The smallest absolute Gasteiger partial charge is 0.267 e. The molecule has 0 spiro atoms. The molecule has 0 fully saturated rings. The number of pyridine rings is 1. The Morgan fingerprint density at radius 3 is 2.71 bits per heavy atom. The second kappa shape index (κ2) is 5.78. The summed E-state index contributed by atoms with van der Waals surface area (Å²) in [4.78, 5) is 3.23. The number of hydrogen-bond donors (Lipinski definition) is 1. The number of sulfonamides is 1. The topological polar surface area (TPSA) is 76.3 Å². The Morgan fingerprint density at radius 2 is 2.14 bits per heavy atom. The van der Waals surface area contributed by atoms with Crippen LogP contribution in [0, 0.1) is 5.82 Å². The Labute approximate surface area is 134 Å². The first-order valence-electron chi connectivity index (χ1n) is 5.58. The Hall–Kier alpha value is -1.38. The van der Waals surface area contributed by atoms with Crippen molar-refractivity contribution in [1.82, 2.24) is 4.98 Å². The number of nitrogens with two attached hydrogens (primary N) is 1. The maximum Gasteiger partial charge on any atom is 0.267 e. The number of benzene rings is 1. The summed E-state index contributed by atoms with van der Waals surface area (Å²) < 4.78 is 40.2. The van der Waals surface area contributed by atoms with Crippen LogP contribution in [0.1, 0.15) is 0 Å². The molecule has 2 aromatic rings. The van der Waals surface area contributed by atoms with E-state index in [0.29, 0.717) is 0 Å². The fraction of sp³-hybridized carbons (Fsp3) is 0.0833. The van der Waals surface area contributed by atoms with Crippen LogP contribution in [0.2, 0.25) is 5.02 Å². The van der Waals surface area contributed by atoms with Crippen molar-refractivity contribution in [3.8, 4) is 0 Å². The van der Waals surface area contributed by atoms with Gasteiger partial charge in [-0.1, -0.05) is 11.6 Å². The fourth-order valence-electron chi connectivity index (χ4n) is 1.61. The van der Waals surface area contributed by atoms with Gasteiger partial charge < -0.3 is 5.73 Å². The third kappa shape index (κ3) is 2.83. The summed E-state index contributed by atoms with van der Waals surface area (Å²) in [6.07, 6.45) is 2.85. The quantitative estimate of drug-likeness (QED) is 0.641. The van der Waals surface area contributed by atoms with Crippen LogP contribution >= 0.6 is 27.5 Å². The first-order valence-corrected chi connectivity index (χ1v) is 8.20. The number of halogens is 3. The molecular formula is C12H10BrClFN3O2S. The van der Waals surface area contributed by atoms with Gasteiger partial charge in [-0.3, -0.25) is 9.29 Å². The molecule has 0 aliphatic rings. The third-order valence-electron chi connectivity index (χ3n) is 2.80. The fourth-order valence-corrected chi connectivity index (χ4v) is 3.46. The van der Waals surface area contributed by atoms with Gasteiger partial charge in [0.25, 0.3) is 10.0 Å². The molecule has 2 N–H and O–H groups in total. The molecule has 0 aliphatic heterocycles. The van der Waals surface area contributed by atoms with Gasteiger partial charge in [0, 0.05) is 13.2 Å². The molecule has 0 saturated carbocycles. The maximum absolute atomic E-state index is 14.2. The van der Waals surface area contributed by atoms with Gasteiger partial charge in [0.2, 0.25) is 0 Å². The summed E-state index contributed by atoms with van der Waals surface area (Å²) in [6.45, 7) is 0. The Bertz CT molecular complexity index is 787. The van der Waals surface area contributed by atoms with Crippen molar-refractivity contribution in [2.24, 2.45) is 0 Å². The van der Waals surface area contributed by atoms with E-state index in [-0.39, 0.29) is 20.9 Å². The van der Waals surface area contributed by atoms with Crippen LogP contribution in [0.4, 0.5) is 15.8 Å². The van der Waals surface area contributed by atoms with Crippen LogP contribution in [-0.4, -0.2) is 20.4 Å². The Balaban J connectivity index is 2.61. The van der Waals surface area contributed by atoms with Gasteiger partial charge in [-0.25, -0.2) is 12.8 Å². The minimum Gasteiger partial charge on any atom is -0.395 e. The molecule has 0 atom stereocenters. The van der Waals surface area contributed by atoms with Gasteiger partial charge in [-0.15, -0.1) is 0 Å². The highest BCUT2D eigenvalue weighted by Crippen LogP contribution is 2.36. The monoisotopic (exact) mass is 393 g/mol. The lowest BCUT2D eigenvalue weighted by Gasteiger charge is -2.20. The van der Waals surface area contributed by atoms with Gasteiger partial charge in [0.05, 0.1) is 27.1 Å². The lowest BCUT2D eigenvalue weighted by molar-refractivity contribution is 0.567. The minimum atomic E-state index is -4.15. The highest BCUT2D eigenvalue weighted by Gasteiger charge is 2.28. The van der Waals surface area contributed by atoms with Crippen molar-refractivity contribution in [2.45, 2.75) is 4.90 Å². The standard InChI is InChI=1S/C12H10BrClFN3O2S/c1-18(7-3-2-4-17-6-7)21(19,20)9-5-8(14)10(13)12(16)11(9)15/h2-6H,16H2,1H3. The van der Waals surface area contributed by atoms with Crippen molar-refractivity contribution in [1.29, 1.82) is 0 Å². The van der Waals surface area contributed by atoms with E-state index in [1.807, 2.05) is 0 Å². The average molecular weight is 395 g/mol. The molecule has 1 aromatic heterocycles. The number of nitrogen functional groups attached to an aromatic ring is 1. The Kier molecular flexibility index (Phi) is 4.40. The lowest BCUT2D eigenvalue weighted by atomic mass is 10.3. The number of aromatic nitrogens is 1. The predicted octanol–water partition coefficient (Wildman–Crippen LogP) is 3.04. The van der Waals surface area contributed by atoms with E-state index in [0.717, 1.165) is 10.4 Å². The molecule has 0 unspecified atom stereocenters. The summed E-state index contributed by atoms with van der Waals surface area (Å²) in [5.41, 5.74) is 5.44. The minimum absolute atomic E-state index is 0.00654. The molecule has 5 nitrogen and oxygen atoms in total. The summed E-state index contributed by atoms with van der Waals surface area (Å²) in [6, 6.07) is 4.12. The zero-order valence-electron chi connectivity index (χ0n) is 10.7. The number of rotatable bonds is 3. The normalized spacial score (nSPS) is 11.4. The summed E-state index contributed by atoms with van der Waals surface area (Å²) >= 11 is 8.86. The van der Waals surface area contributed by atoms with Crippen LogP contribution < -0.4 is 10.0 Å². The number of nitrogens with zero attached hydrogens (tertiary/aromatic N) is 2. The van der Waals surface area contributed by atoms with E-state index >= 15 is 0 Å². The van der Waals surface area contributed by atoms with Crippen molar-refractivity contribution >= 4 is 48.9 Å². The second-order valence-electron chi connectivity index (χ2n) is 4.08. The molecular weight excluding hydrogens is 385 g/mol. The van der Waals surface area contributed by atoms with Gasteiger partial charge >= 0.3 is 0 Å². The van der Waals surface area contributed by atoms with Gasteiger partial charge in [0.15, 0.2) is 5.82 Å². The van der Waals surface area contributed by atoms with Crippen LogP contribution in [0.3, 0.4) is 0 Å². The molecule has 0 amide bonds. The highest BCUT2D eigenvalue weighted by molar-refractivity contribution is 9.10. The van der Waals surface area contributed by atoms with E-state index in [2.05, 4.69) is 20.9 Å². The second-order valence-corrected chi connectivity index (χ2v) is 7.22. The molecule has 1 aromatic carbocycles. The van der Waals surface area contributed by atoms with E-state index < -0.39 is 20.7 Å². The van der Waals surface area contributed by atoms with Crippen LogP contribution in [0.15, 0.2) is 40.0 Å². The average Bonchev–Trinajstić information content (AvgIpc) is 2.48. The van der Waals surface area contributed by atoms with E-state index in [1.165, 1.54) is 25.5 Å². The molecule has 0 aliphatic carbocycles. The molecule has 0 bridgehead atoms. The molecule has 21 heavy (non-hydrogen) atoms. The SMILES string of the molecule is CN(c1cccnc1)S(=O)(=O)c1cc(Cl)c(Br)c(N)c1F. The molecule has 9 heteroatoms. The zero-order valence-corrected chi connectivity index (χ0v) is 13.9. The van der Waals surface area contributed by atoms with E-state index in [4.69, 9.17) is 17.3 Å². The largest absolute Gasteiger partial charge is 0.395 e. The zero-order chi connectivity index (χ0) is 15.8. The summed E-state index contributed by atoms with van der Waals surface area (Å²) in [7, 11) is -2.86. The molecule has 1 heterocycles. The molecule has 0 saturated heterocycles. The van der Waals surface area contributed by atoms with E-state index in [9.17, 15) is 12.8 Å². The van der Waals surface area contributed by atoms with Crippen LogP contribution in [0.5, 0.6) is 0 Å². The summed E-state index contributed by atoms with van der Waals surface area (Å²) in [5.74, 6) is -1.05. The van der Waals surface area contributed by atoms with Crippen molar-refractivity contribution in [2.75, 3.05) is 17.1 Å². The van der Waals surface area contributed by atoms with Crippen molar-refractivity contribution in [3.63, 3.8) is 0 Å². The van der Waals surface area contributed by atoms with Crippen molar-refractivity contribution < 1.29 is 12.8 Å². The van der Waals surface area contributed by atoms with E-state index in [1.54, 1.807) is 6.07 Å². The van der Waals surface area contributed by atoms with Crippen LogP contribution in [-0.2, 0) is 10.0 Å². The molecule has 0 radical (unpaired) electrons. The maximum atomic E-state index is 14.2. The summed E-state index contributed by atoms with van der Waals surface area (Å²) in [5, 5.41) is 0.00654. The van der Waals surface area contributed by atoms with Gasteiger partial charge in [0.1, 0.15) is 4.90 Å². The van der Waals surface area contributed by atoms with Gasteiger partial charge in [-0.05, 0) is 34.1 Å². The van der Waals surface area contributed by atoms with Crippen LogP contribution in [0.25, 0.3) is 0 Å². The third-order valence-corrected chi connectivity index (χ3v) is 5.97. The van der Waals surface area contributed by atoms with Gasteiger partial charge in [-0.2, -0.15) is 0 Å². The first kappa shape index (κ1) is 16.0. The van der Waals surface area contributed by atoms with Crippen molar-refractivity contribution in [3.05, 3.63) is 45.9 Å². The number of hydrogen-bond acceptors (Lipinski definition) is 4. The Morgan fingerprint density at radius 1 is 1.48 bits per heavy atom. The predicted molar refractivity (Wildman–Crippen MR) is 83.3 cm³/mol. The number of anilines is 2. The highest BCUT2D eigenvalue weighted by atomic mass is 79.9. The lowest BCUT2D eigenvalue weighted by Crippen LogP contribution is -2.27. The molecule has 112 valence electrons.